The summed E-state index contributed by atoms with van der Waals surface area (Å²) in [4.78, 5) is 0. The molecule has 0 aromatic rings. The maximum absolute atomic E-state index is 5.22. The lowest BCUT2D eigenvalue weighted by molar-refractivity contribution is 0.0525. The van der Waals surface area contributed by atoms with E-state index < -0.39 is 0 Å². The van der Waals surface area contributed by atoms with Crippen molar-refractivity contribution in [2.24, 2.45) is 17.8 Å². The molecule has 0 N–H and O–H groups in total. The van der Waals surface area contributed by atoms with Gasteiger partial charge in [0, 0.05) is 13.7 Å². The highest BCUT2D eigenvalue weighted by Gasteiger charge is 2.32. The highest BCUT2D eigenvalue weighted by molar-refractivity contribution is 4.83. The van der Waals surface area contributed by atoms with Crippen molar-refractivity contribution in [2.75, 3.05) is 13.7 Å². The van der Waals surface area contributed by atoms with Crippen LogP contribution < -0.4 is 0 Å². The number of methoxy groups -OCH3 is 1. The van der Waals surface area contributed by atoms with Gasteiger partial charge in [-0.3, -0.25) is 0 Å². The van der Waals surface area contributed by atoms with Crippen molar-refractivity contribution >= 4 is 0 Å². The summed E-state index contributed by atoms with van der Waals surface area (Å²) in [6.07, 6.45) is 5.57. The summed E-state index contributed by atoms with van der Waals surface area (Å²) in [6, 6.07) is 0. The quantitative estimate of drug-likeness (QED) is 0.616. The van der Waals surface area contributed by atoms with Gasteiger partial charge in [0.1, 0.15) is 0 Å². The summed E-state index contributed by atoms with van der Waals surface area (Å²) < 4.78 is 5.22. The molecule has 0 amide bonds. The van der Waals surface area contributed by atoms with Crippen LogP contribution >= 0.6 is 0 Å². The second-order valence-electron chi connectivity index (χ2n) is 4.13. The number of ether oxygens (including phenoxy) is 1. The van der Waals surface area contributed by atoms with E-state index in [0.717, 1.165) is 24.4 Å². The standard InChI is InChI=1S/C11H22O/c1-4-9-6-11(7-9)10(5-2)8-12-3/h9-11H,4-8H2,1-3H3. The Morgan fingerprint density at radius 1 is 1.33 bits per heavy atom. The van der Waals surface area contributed by atoms with Gasteiger partial charge in [0.15, 0.2) is 0 Å². The molecular weight excluding hydrogens is 148 g/mol. The zero-order chi connectivity index (χ0) is 8.97. The maximum Gasteiger partial charge on any atom is 0.0493 e. The van der Waals surface area contributed by atoms with Crippen LogP contribution in [0, 0.1) is 17.8 Å². The molecule has 0 aromatic heterocycles. The predicted octanol–water partition coefficient (Wildman–Crippen LogP) is 3.10. The molecule has 0 saturated heterocycles. The van der Waals surface area contributed by atoms with Crippen LogP contribution in [0.3, 0.4) is 0 Å². The fourth-order valence-corrected chi connectivity index (χ4v) is 2.31. The van der Waals surface area contributed by atoms with Crippen molar-refractivity contribution in [3.8, 4) is 0 Å². The molecule has 0 aromatic carbocycles. The van der Waals surface area contributed by atoms with Crippen LogP contribution in [0.25, 0.3) is 0 Å². The first-order valence-electron chi connectivity index (χ1n) is 5.30. The lowest BCUT2D eigenvalue weighted by atomic mass is 9.67. The molecule has 1 nitrogen and oxygen atoms in total. The fourth-order valence-electron chi connectivity index (χ4n) is 2.31. The Kier molecular flexibility index (Phi) is 4.07. The van der Waals surface area contributed by atoms with E-state index >= 15 is 0 Å². The van der Waals surface area contributed by atoms with Gasteiger partial charge in [0.05, 0.1) is 0 Å². The summed E-state index contributed by atoms with van der Waals surface area (Å²) in [5, 5.41) is 0. The van der Waals surface area contributed by atoms with E-state index in [9.17, 15) is 0 Å². The van der Waals surface area contributed by atoms with Gasteiger partial charge < -0.3 is 4.74 Å². The molecular formula is C11H22O. The molecule has 1 rings (SSSR count). The van der Waals surface area contributed by atoms with E-state index in [4.69, 9.17) is 4.74 Å². The van der Waals surface area contributed by atoms with Gasteiger partial charge in [-0.2, -0.15) is 0 Å². The van der Waals surface area contributed by atoms with Gasteiger partial charge in [-0.05, 0) is 30.6 Å². The summed E-state index contributed by atoms with van der Waals surface area (Å²) in [7, 11) is 1.82. The Morgan fingerprint density at radius 3 is 2.42 bits per heavy atom. The number of hydrogen-bond acceptors (Lipinski definition) is 1. The van der Waals surface area contributed by atoms with Crippen molar-refractivity contribution in [2.45, 2.75) is 39.5 Å². The Morgan fingerprint density at radius 2 is 2.00 bits per heavy atom. The lowest BCUT2D eigenvalue weighted by Crippen LogP contribution is -2.31. The number of rotatable bonds is 5. The molecule has 0 heterocycles. The smallest absolute Gasteiger partial charge is 0.0493 e. The largest absolute Gasteiger partial charge is 0.384 e. The molecule has 1 saturated carbocycles. The maximum atomic E-state index is 5.22. The summed E-state index contributed by atoms with van der Waals surface area (Å²) in [6.45, 7) is 5.55. The third kappa shape index (κ3) is 2.22. The second-order valence-corrected chi connectivity index (χ2v) is 4.13. The Balaban J connectivity index is 2.19. The van der Waals surface area contributed by atoms with Crippen molar-refractivity contribution in [1.29, 1.82) is 0 Å². The van der Waals surface area contributed by atoms with Crippen LogP contribution in [0.1, 0.15) is 39.5 Å². The molecule has 72 valence electrons. The first-order valence-corrected chi connectivity index (χ1v) is 5.30. The van der Waals surface area contributed by atoms with Crippen molar-refractivity contribution in [3.05, 3.63) is 0 Å². The zero-order valence-corrected chi connectivity index (χ0v) is 8.68. The molecule has 1 unspecified atom stereocenters. The third-order valence-corrected chi connectivity index (χ3v) is 3.42. The second kappa shape index (κ2) is 4.86. The molecule has 12 heavy (non-hydrogen) atoms. The number of hydrogen-bond donors (Lipinski definition) is 0. The highest BCUT2D eigenvalue weighted by atomic mass is 16.5. The SMILES string of the molecule is CCC1CC(C(CC)COC)C1. The predicted molar refractivity (Wildman–Crippen MR) is 52.2 cm³/mol. The van der Waals surface area contributed by atoms with Crippen LogP contribution in [0.15, 0.2) is 0 Å². The van der Waals surface area contributed by atoms with Gasteiger partial charge in [-0.25, -0.2) is 0 Å². The van der Waals surface area contributed by atoms with Crippen LogP contribution in [-0.4, -0.2) is 13.7 Å². The average molecular weight is 170 g/mol. The van der Waals surface area contributed by atoms with Crippen molar-refractivity contribution in [1.82, 2.24) is 0 Å². The van der Waals surface area contributed by atoms with Crippen LogP contribution in [-0.2, 0) is 4.74 Å². The van der Waals surface area contributed by atoms with Crippen LogP contribution in [0.4, 0.5) is 0 Å². The molecule has 1 atom stereocenters. The fraction of sp³-hybridized carbons (Fsp3) is 1.00. The van der Waals surface area contributed by atoms with Crippen LogP contribution in [0.2, 0.25) is 0 Å². The van der Waals surface area contributed by atoms with E-state index in [1.807, 2.05) is 7.11 Å². The van der Waals surface area contributed by atoms with Gasteiger partial charge in [0.2, 0.25) is 0 Å². The highest BCUT2D eigenvalue weighted by Crippen LogP contribution is 2.41. The molecule has 0 aliphatic heterocycles. The van der Waals surface area contributed by atoms with Gasteiger partial charge in [0.25, 0.3) is 0 Å². The Hall–Kier alpha value is -0.0400. The normalized spacial score (nSPS) is 31.2. The van der Waals surface area contributed by atoms with Crippen molar-refractivity contribution < 1.29 is 4.74 Å². The minimum atomic E-state index is 0.831. The Labute approximate surface area is 76.5 Å². The molecule has 1 fully saturated rings. The van der Waals surface area contributed by atoms with Gasteiger partial charge in [-0.1, -0.05) is 26.7 Å². The Bertz CT molecular complexity index is 116. The van der Waals surface area contributed by atoms with Crippen LogP contribution in [0.5, 0.6) is 0 Å². The van der Waals surface area contributed by atoms with Gasteiger partial charge >= 0.3 is 0 Å². The van der Waals surface area contributed by atoms with E-state index in [0.29, 0.717) is 0 Å². The molecule has 1 aliphatic rings. The van der Waals surface area contributed by atoms with E-state index in [1.54, 1.807) is 0 Å². The summed E-state index contributed by atoms with van der Waals surface area (Å²) in [5.41, 5.74) is 0. The van der Waals surface area contributed by atoms with Gasteiger partial charge in [-0.15, -0.1) is 0 Å². The summed E-state index contributed by atoms with van der Waals surface area (Å²) in [5.74, 6) is 2.83. The minimum absolute atomic E-state index is 0.831. The van der Waals surface area contributed by atoms with E-state index in [1.165, 1.54) is 25.7 Å². The molecule has 0 spiro atoms. The zero-order valence-electron chi connectivity index (χ0n) is 8.68. The average Bonchev–Trinajstić information content (AvgIpc) is 2.01. The molecule has 0 bridgehead atoms. The molecule has 0 radical (unpaired) electrons. The first-order chi connectivity index (χ1) is 5.81. The lowest BCUT2D eigenvalue weighted by Gasteiger charge is -2.39. The molecule has 1 aliphatic carbocycles. The minimum Gasteiger partial charge on any atom is -0.384 e. The topological polar surface area (TPSA) is 9.23 Å². The first kappa shape index (κ1) is 10.0. The van der Waals surface area contributed by atoms with E-state index in [2.05, 4.69) is 13.8 Å². The molecule has 1 heteroatoms. The van der Waals surface area contributed by atoms with E-state index in [-0.39, 0.29) is 0 Å². The van der Waals surface area contributed by atoms with Crippen molar-refractivity contribution in [3.63, 3.8) is 0 Å². The monoisotopic (exact) mass is 170 g/mol. The summed E-state index contributed by atoms with van der Waals surface area (Å²) >= 11 is 0. The third-order valence-electron chi connectivity index (χ3n) is 3.42.